The summed E-state index contributed by atoms with van der Waals surface area (Å²) in [4.78, 5) is 4.05. The van der Waals surface area contributed by atoms with Crippen molar-refractivity contribution in [3.05, 3.63) is 35.9 Å². The fraction of sp³-hybridized carbons (Fsp3) is 0.308. The van der Waals surface area contributed by atoms with Crippen LogP contribution in [0.4, 0.5) is 5.69 Å². The van der Waals surface area contributed by atoms with Crippen LogP contribution >= 0.6 is 12.4 Å². The number of hydrogen-bond acceptors (Lipinski definition) is 1. The van der Waals surface area contributed by atoms with Gasteiger partial charge in [0.1, 0.15) is 0 Å². The molecule has 0 bridgehead atoms. The number of rotatable bonds is 2. The number of hydrogen-bond donors (Lipinski definition) is 0. The van der Waals surface area contributed by atoms with Crippen LogP contribution in [-0.2, 0) is 0 Å². The molecule has 0 fully saturated rings. The zero-order chi connectivity index (χ0) is 9.80. The van der Waals surface area contributed by atoms with E-state index in [1.165, 1.54) is 36.8 Å². The van der Waals surface area contributed by atoms with Gasteiger partial charge in [-0.25, -0.2) is 0 Å². The number of nitrogens with zero attached hydrogens (tertiary/aromatic N) is 1. The second-order valence-electron chi connectivity index (χ2n) is 3.65. The molecule has 0 amide bonds. The van der Waals surface area contributed by atoms with E-state index >= 15 is 0 Å². The van der Waals surface area contributed by atoms with Crippen molar-refractivity contribution < 1.29 is 0 Å². The molecule has 1 aromatic carbocycles. The Hall–Kier alpha value is -1.08. The Morgan fingerprint density at radius 1 is 1.13 bits per heavy atom. The summed E-state index contributed by atoms with van der Waals surface area (Å²) in [5.41, 5.74) is 3.72. The standard InChI is InChI=1S/C13H15N.ClH/c1-14-13-10-6-5-9-12(13)11-7-3-2-4-8-11;/h5-7,9-10H,1-4,8H2;1H. The van der Waals surface area contributed by atoms with Crippen LogP contribution < -0.4 is 0 Å². The molecule has 1 aliphatic carbocycles. The molecule has 2 rings (SSSR count). The van der Waals surface area contributed by atoms with E-state index in [4.69, 9.17) is 0 Å². The average molecular weight is 222 g/mol. The minimum absolute atomic E-state index is 0. The van der Waals surface area contributed by atoms with Crippen LogP contribution in [0.2, 0.25) is 0 Å². The van der Waals surface area contributed by atoms with E-state index in [-0.39, 0.29) is 12.4 Å². The van der Waals surface area contributed by atoms with Crippen molar-refractivity contribution in [2.45, 2.75) is 25.7 Å². The van der Waals surface area contributed by atoms with Gasteiger partial charge in [0.05, 0.1) is 5.69 Å². The maximum absolute atomic E-state index is 4.05. The van der Waals surface area contributed by atoms with E-state index in [1.807, 2.05) is 12.1 Å². The molecular weight excluding hydrogens is 206 g/mol. The summed E-state index contributed by atoms with van der Waals surface area (Å²) in [5, 5.41) is 0. The van der Waals surface area contributed by atoms with Gasteiger partial charge in [-0.1, -0.05) is 24.3 Å². The molecule has 1 aliphatic rings. The van der Waals surface area contributed by atoms with E-state index in [1.54, 1.807) is 0 Å². The van der Waals surface area contributed by atoms with Gasteiger partial charge in [-0.3, -0.25) is 4.99 Å². The summed E-state index contributed by atoms with van der Waals surface area (Å²) in [6.45, 7) is 3.61. The highest BCUT2D eigenvalue weighted by molar-refractivity contribution is 5.85. The van der Waals surface area contributed by atoms with Crippen molar-refractivity contribution >= 4 is 30.4 Å². The molecule has 0 heterocycles. The maximum Gasteiger partial charge on any atom is 0.0697 e. The molecule has 0 aliphatic heterocycles. The summed E-state index contributed by atoms with van der Waals surface area (Å²) in [6, 6.07) is 8.25. The molecule has 1 aromatic rings. The first-order valence-electron chi connectivity index (χ1n) is 5.17. The molecule has 0 N–H and O–H groups in total. The molecule has 0 aromatic heterocycles. The molecule has 0 spiro atoms. The third-order valence-electron chi connectivity index (χ3n) is 2.71. The summed E-state index contributed by atoms with van der Waals surface area (Å²) >= 11 is 0. The van der Waals surface area contributed by atoms with Crippen molar-refractivity contribution in [2.75, 3.05) is 0 Å². The Balaban J connectivity index is 0.00000112. The Morgan fingerprint density at radius 2 is 1.93 bits per heavy atom. The van der Waals surface area contributed by atoms with Gasteiger partial charge in [0.2, 0.25) is 0 Å². The third-order valence-corrected chi connectivity index (χ3v) is 2.71. The van der Waals surface area contributed by atoms with Gasteiger partial charge in [0, 0.05) is 5.56 Å². The maximum atomic E-state index is 4.05. The van der Waals surface area contributed by atoms with Gasteiger partial charge in [0.25, 0.3) is 0 Å². The van der Waals surface area contributed by atoms with Crippen LogP contribution in [0.25, 0.3) is 5.57 Å². The van der Waals surface area contributed by atoms with E-state index in [0.717, 1.165) is 5.69 Å². The second-order valence-corrected chi connectivity index (χ2v) is 3.65. The van der Waals surface area contributed by atoms with Crippen molar-refractivity contribution in [1.29, 1.82) is 0 Å². The van der Waals surface area contributed by atoms with Crippen LogP contribution in [0.3, 0.4) is 0 Å². The van der Waals surface area contributed by atoms with Gasteiger partial charge in [0.15, 0.2) is 0 Å². The largest absolute Gasteiger partial charge is 0.264 e. The van der Waals surface area contributed by atoms with E-state index in [9.17, 15) is 0 Å². The normalized spacial score (nSPS) is 15.1. The van der Waals surface area contributed by atoms with Crippen molar-refractivity contribution in [1.82, 2.24) is 0 Å². The summed E-state index contributed by atoms with van der Waals surface area (Å²) in [6.07, 6.45) is 7.37. The monoisotopic (exact) mass is 221 g/mol. The average Bonchev–Trinajstić information content (AvgIpc) is 2.30. The zero-order valence-electron chi connectivity index (χ0n) is 8.78. The van der Waals surface area contributed by atoms with Gasteiger partial charge < -0.3 is 0 Å². The Kier molecular flexibility index (Phi) is 4.57. The molecule has 0 atom stereocenters. The number of allylic oxidation sites excluding steroid dienone is 2. The molecule has 1 nitrogen and oxygen atoms in total. The van der Waals surface area contributed by atoms with Crippen molar-refractivity contribution in [2.24, 2.45) is 4.99 Å². The smallest absolute Gasteiger partial charge is 0.0697 e. The molecule has 15 heavy (non-hydrogen) atoms. The minimum atomic E-state index is 0. The third kappa shape index (κ3) is 2.69. The first-order chi connectivity index (χ1) is 6.92. The predicted molar refractivity (Wildman–Crippen MR) is 69.3 cm³/mol. The Labute approximate surface area is 97.3 Å². The predicted octanol–water partition coefficient (Wildman–Crippen LogP) is 4.40. The lowest BCUT2D eigenvalue weighted by molar-refractivity contribution is 0.742. The highest BCUT2D eigenvalue weighted by atomic mass is 35.5. The number of aliphatic imine (C=N–C) groups is 1. The van der Waals surface area contributed by atoms with Crippen LogP contribution in [0, 0.1) is 0 Å². The molecule has 0 radical (unpaired) electrons. The lowest BCUT2D eigenvalue weighted by Gasteiger charge is -2.14. The lowest BCUT2D eigenvalue weighted by atomic mass is 9.93. The minimum Gasteiger partial charge on any atom is -0.264 e. The van der Waals surface area contributed by atoms with Gasteiger partial charge in [-0.2, -0.15) is 0 Å². The molecule has 0 saturated carbocycles. The number of para-hydroxylation sites is 1. The molecule has 2 heteroatoms. The first-order valence-corrected chi connectivity index (χ1v) is 5.17. The number of halogens is 1. The molecule has 0 unspecified atom stereocenters. The van der Waals surface area contributed by atoms with Crippen LogP contribution in [0.5, 0.6) is 0 Å². The quantitative estimate of drug-likeness (QED) is 0.657. The highest BCUT2D eigenvalue weighted by Gasteiger charge is 2.08. The summed E-state index contributed by atoms with van der Waals surface area (Å²) in [5.74, 6) is 0. The second kappa shape index (κ2) is 5.72. The van der Waals surface area contributed by atoms with Gasteiger partial charge in [-0.05, 0) is 44.0 Å². The van der Waals surface area contributed by atoms with E-state index in [0.29, 0.717) is 0 Å². The van der Waals surface area contributed by atoms with Crippen molar-refractivity contribution in [3.63, 3.8) is 0 Å². The van der Waals surface area contributed by atoms with Crippen molar-refractivity contribution in [3.8, 4) is 0 Å². The molecule has 0 saturated heterocycles. The zero-order valence-corrected chi connectivity index (χ0v) is 9.59. The lowest BCUT2D eigenvalue weighted by Crippen LogP contribution is -1.91. The Morgan fingerprint density at radius 3 is 2.60 bits per heavy atom. The fourth-order valence-electron chi connectivity index (χ4n) is 1.97. The fourth-order valence-corrected chi connectivity index (χ4v) is 1.97. The van der Waals surface area contributed by atoms with Gasteiger partial charge in [-0.15, -0.1) is 12.4 Å². The van der Waals surface area contributed by atoms with Crippen LogP contribution in [-0.4, -0.2) is 6.72 Å². The SMILES string of the molecule is C=Nc1ccccc1C1=CCCCC1.Cl. The Bertz CT molecular complexity index is 369. The summed E-state index contributed by atoms with van der Waals surface area (Å²) < 4.78 is 0. The first kappa shape index (κ1) is 12.0. The van der Waals surface area contributed by atoms with Crippen LogP contribution in [0.1, 0.15) is 31.2 Å². The van der Waals surface area contributed by atoms with E-state index < -0.39 is 0 Å². The molecular formula is C13H16ClN. The summed E-state index contributed by atoms with van der Waals surface area (Å²) in [7, 11) is 0. The van der Waals surface area contributed by atoms with Gasteiger partial charge >= 0.3 is 0 Å². The molecule has 80 valence electrons. The van der Waals surface area contributed by atoms with Crippen LogP contribution in [0.15, 0.2) is 35.3 Å². The van der Waals surface area contributed by atoms with E-state index in [2.05, 4.69) is 29.9 Å². The topological polar surface area (TPSA) is 12.4 Å². The highest BCUT2D eigenvalue weighted by Crippen LogP contribution is 2.32. The number of benzene rings is 1.